The number of hydrogen-bond donors (Lipinski definition) is 0. The lowest BCUT2D eigenvalue weighted by Crippen LogP contribution is -2.38. The summed E-state index contributed by atoms with van der Waals surface area (Å²) in [6, 6.07) is 0. The Balaban J connectivity index is 1.64. The highest BCUT2D eigenvalue weighted by Crippen LogP contribution is 2.69. The van der Waals surface area contributed by atoms with Crippen molar-refractivity contribution < 1.29 is 14.3 Å². The minimum Gasteiger partial charge on any atom is -0.393 e. The lowest BCUT2D eigenvalue weighted by Gasteiger charge is -2.35. The predicted octanol–water partition coefficient (Wildman–Crippen LogP) is 1.39. The van der Waals surface area contributed by atoms with E-state index in [1.807, 2.05) is 0 Å². The largest absolute Gasteiger partial charge is 0.393 e. The molecule has 1 aliphatic heterocycles. The minimum absolute atomic E-state index is 0.0819. The lowest BCUT2D eigenvalue weighted by atomic mass is 9.65. The third-order valence-electron chi connectivity index (χ3n) is 6.17. The van der Waals surface area contributed by atoms with Crippen LogP contribution in [0.25, 0.3) is 0 Å². The Labute approximate surface area is 99.2 Å². The lowest BCUT2D eigenvalue weighted by molar-refractivity contribution is -0.154. The number of carbonyl (C=O) groups excluding carboxylic acids is 2. The highest BCUT2D eigenvalue weighted by molar-refractivity contribution is 5.97. The maximum absolute atomic E-state index is 11.8. The van der Waals surface area contributed by atoms with E-state index in [9.17, 15) is 9.59 Å². The molecule has 0 unspecified atom stereocenters. The van der Waals surface area contributed by atoms with E-state index in [0.29, 0.717) is 35.5 Å². The average molecular weight is 230 g/mol. The number of allylic oxidation sites excluding steroid dienone is 2. The van der Waals surface area contributed by atoms with E-state index in [-0.39, 0.29) is 23.8 Å². The molecule has 5 aliphatic rings. The summed E-state index contributed by atoms with van der Waals surface area (Å²) in [7, 11) is 0. The van der Waals surface area contributed by atoms with Gasteiger partial charge in [0.1, 0.15) is 0 Å². The van der Waals surface area contributed by atoms with Crippen LogP contribution in [-0.4, -0.2) is 11.9 Å². The molecule has 1 heterocycles. The van der Waals surface area contributed by atoms with Crippen LogP contribution in [0.2, 0.25) is 0 Å². The van der Waals surface area contributed by atoms with Gasteiger partial charge in [0.25, 0.3) is 0 Å². The van der Waals surface area contributed by atoms with Crippen molar-refractivity contribution in [3.05, 3.63) is 12.2 Å². The number of esters is 2. The van der Waals surface area contributed by atoms with Crippen molar-refractivity contribution in [1.82, 2.24) is 0 Å². The summed E-state index contributed by atoms with van der Waals surface area (Å²) >= 11 is 0. The number of cyclic esters (lactones) is 2. The number of rotatable bonds is 0. The molecular formula is C14H14O3. The van der Waals surface area contributed by atoms with Crippen LogP contribution in [0.15, 0.2) is 12.2 Å². The first-order valence-corrected chi connectivity index (χ1v) is 6.69. The number of fused-ring (bicyclic) bond motifs is 12. The highest BCUT2D eigenvalue weighted by atomic mass is 16.6. The number of ether oxygens (including phenoxy) is 1. The number of carbonyl (C=O) groups is 2. The van der Waals surface area contributed by atoms with Gasteiger partial charge in [-0.2, -0.15) is 0 Å². The van der Waals surface area contributed by atoms with Gasteiger partial charge < -0.3 is 4.74 Å². The summed E-state index contributed by atoms with van der Waals surface area (Å²) in [6.45, 7) is 0. The molecule has 0 aromatic carbocycles. The van der Waals surface area contributed by atoms with Crippen LogP contribution in [0.5, 0.6) is 0 Å². The molecule has 5 rings (SSSR count). The van der Waals surface area contributed by atoms with Crippen molar-refractivity contribution in [1.29, 1.82) is 0 Å². The van der Waals surface area contributed by atoms with E-state index in [0.717, 1.165) is 6.42 Å². The van der Waals surface area contributed by atoms with E-state index in [4.69, 9.17) is 4.74 Å². The van der Waals surface area contributed by atoms with E-state index < -0.39 is 0 Å². The van der Waals surface area contributed by atoms with Gasteiger partial charge in [-0.15, -0.1) is 0 Å². The first-order chi connectivity index (χ1) is 8.25. The van der Waals surface area contributed by atoms with Gasteiger partial charge >= 0.3 is 11.9 Å². The summed E-state index contributed by atoms with van der Waals surface area (Å²) < 4.78 is 4.87. The Morgan fingerprint density at radius 3 is 1.94 bits per heavy atom. The van der Waals surface area contributed by atoms with E-state index in [1.165, 1.54) is 6.42 Å². The van der Waals surface area contributed by atoms with E-state index >= 15 is 0 Å². The molecule has 4 aliphatic carbocycles. The Morgan fingerprint density at radius 1 is 0.882 bits per heavy atom. The molecule has 0 radical (unpaired) electrons. The van der Waals surface area contributed by atoms with Crippen LogP contribution in [0.1, 0.15) is 12.8 Å². The van der Waals surface area contributed by atoms with Crippen LogP contribution < -0.4 is 0 Å². The van der Waals surface area contributed by atoms with Crippen LogP contribution in [-0.2, 0) is 14.3 Å². The van der Waals surface area contributed by atoms with Gasteiger partial charge in [0.2, 0.25) is 0 Å². The van der Waals surface area contributed by atoms with E-state index in [1.54, 1.807) is 0 Å². The summed E-state index contributed by atoms with van der Waals surface area (Å²) in [4.78, 5) is 23.6. The number of hydrogen-bond acceptors (Lipinski definition) is 3. The second-order valence-corrected chi connectivity index (χ2v) is 6.46. The summed E-state index contributed by atoms with van der Waals surface area (Å²) in [5.74, 6) is 2.99. The molecule has 0 amide bonds. The zero-order chi connectivity index (χ0) is 11.3. The minimum atomic E-state index is -0.224. The molecule has 3 nitrogen and oxygen atoms in total. The second kappa shape index (κ2) is 2.50. The fourth-order valence-electron chi connectivity index (χ4n) is 5.92. The van der Waals surface area contributed by atoms with Gasteiger partial charge in [0, 0.05) is 0 Å². The van der Waals surface area contributed by atoms with Crippen LogP contribution in [0, 0.1) is 47.3 Å². The molecule has 0 spiro atoms. The second-order valence-electron chi connectivity index (χ2n) is 6.46. The van der Waals surface area contributed by atoms with Gasteiger partial charge in [-0.05, 0) is 48.3 Å². The van der Waals surface area contributed by atoms with Gasteiger partial charge in [0.15, 0.2) is 0 Å². The third kappa shape index (κ3) is 0.791. The molecule has 1 saturated heterocycles. The Morgan fingerprint density at radius 2 is 1.41 bits per heavy atom. The van der Waals surface area contributed by atoms with Crippen LogP contribution in [0.4, 0.5) is 0 Å². The molecule has 0 aromatic rings. The van der Waals surface area contributed by atoms with Crippen molar-refractivity contribution in [3.63, 3.8) is 0 Å². The van der Waals surface area contributed by atoms with Gasteiger partial charge in [-0.3, -0.25) is 9.59 Å². The fourth-order valence-corrected chi connectivity index (χ4v) is 5.92. The normalized spacial score (nSPS) is 60.9. The molecule has 3 saturated carbocycles. The average Bonchev–Trinajstić information content (AvgIpc) is 3.03. The highest BCUT2D eigenvalue weighted by Gasteiger charge is 2.70. The summed E-state index contributed by atoms with van der Waals surface area (Å²) in [5, 5.41) is 0. The maximum Gasteiger partial charge on any atom is 0.317 e. The summed E-state index contributed by atoms with van der Waals surface area (Å²) in [6.07, 6.45) is 7.07. The van der Waals surface area contributed by atoms with Gasteiger partial charge in [0.05, 0.1) is 11.8 Å². The van der Waals surface area contributed by atoms with E-state index in [2.05, 4.69) is 12.2 Å². The smallest absolute Gasteiger partial charge is 0.317 e. The first-order valence-electron chi connectivity index (χ1n) is 6.69. The molecule has 3 heteroatoms. The van der Waals surface area contributed by atoms with Crippen molar-refractivity contribution in [3.8, 4) is 0 Å². The van der Waals surface area contributed by atoms with Crippen molar-refractivity contribution in [2.75, 3.05) is 0 Å². The Kier molecular flexibility index (Phi) is 1.31. The van der Waals surface area contributed by atoms with Crippen molar-refractivity contribution in [2.24, 2.45) is 47.3 Å². The Hall–Kier alpha value is -1.12. The topological polar surface area (TPSA) is 43.4 Å². The molecule has 4 bridgehead atoms. The maximum atomic E-state index is 11.8. The zero-order valence-electron chi connectivity index (χ0n) is 9.41. The Bertz CT molecular complexity index is 440. The summed E-state index contributed by atoms with van der Waals surface area (Å²) in [5.41, 5.74) is 0. The molecule has 8 atom stereocenters. The van der Waals surface area contributed by atoms with Crippen LogP contribution >= 0.6 is 0 Å². The van der Waals surface area contributed by atoms with Gasteiger partial charge in [-0.1, -0.05) is 12.2 Å². The van der Waals surface area contributed by atoms with Crippen LogP contribution in [0.3, 0.4) is 0 Å². The molecular weight excluding hydrogens is 216 g/mol. The molecule has 88 valence electrons. The SMILES string of the molecule is O=C1OC(=O)[C@@H]2[C@H]3C[C@H]([C@@H]12)[C@H]1[C@H]3[C@H]2C=C[C@H]1C2. The quantitative estimate of drug-likeness (QED) is 0.273. The van der Waals surface area contributed by atoms with Crippen molar-refractivity contribution >= 4 is 11.9 Å². The predicted molar refractivity (Wildman–Crippen MR) is 57.4 cm³/mol. The first kappa shape index (κ1) is 8.90. The molecule has 17 heavy (non-hydrogen) atoms. The monoisotopic (exact) mass is 230 g/mol. The molecule has 0 aromatic heterocycles. The van der Waals surface area contributed by atoms with Crippen molar-refractivity contribution in [2.45, 2.75) is 12.8 Å². The zero-order valence-corrected chi connectivity index (χ0v) is 9.41. The molecule has 0 N–H and O–H groups in total. The fraction of sp³-hybridized carbons (Fsp3) is 0.714. The molecule has 4 fully saturated rings. The van der Waals surface area contributed by atoms with Gasteiger partial charge in [-0.25, -0.2) is 0 Å². The standard InChI is InChI=1S/C14H14O3/c15-13-11-7-4-8(12(11)14(16)17-13)10-6-2-1-5(3-6)9(7)10/h1-2,5-12H,3-4H2/t5-,6-,7-,8-,9-,10-,11+,12+/m0/s1. The third-order valence-corrected chi connectivity index (χ3v) is 6.17.